The van der Waals surface area contributed by atoms with Crippen LogP contribution >= 0.6 is 15.9 Å². The minimum Gasteiger partial charge on any atom is -0.486 e. The first kappa shape index (κ1) is 15.2. The largest absolute Gasteiger partial charge is 0.486 e. The molecule has 0 amide bonds. The smallest absolute Gasteiger partial charge is 0.294 e. The van der Waals surface area contributed by atoms with E-state index in [1.165, 1.54) is 24.3 Å². The Labute approximate surface area is 128 Å². The maximum absolute atomic E-state index is 13.5. The van der Waals surface area contributed by atoms with Crippen molar-refractivity contribution in [2.75, 3.05) is 5.43 Å². The number of anilines is 1. The third kappa shape index (κ3) is 3.67. The average Bonchev–Trinajstić information content (AvgIpc) is 2.47. The summed E-state index contributed by atoms with van der Waals surface area (Å²) in [5, 5.41) is 10.9. The quantitative estimate of drug-likeness (QED) is 0.487. The van der Waals surface area contributed by atoms with Crippen LogP contribution in [0.2, 0.25) is 0 Å². The summed E-state index contributed by atoms with van der Waals surface area (Å²) >= 11 is 3.21. The predicted molar refractivity (Wildman–Crippen MR) is 79.3 cm³/mol. The minimum absolute atomic E-state index is 0.000928. The third-order valence-electron chi connectivity index (χ3n) is 2.70. The van der Waals surface area contributed by atoms with Crippen LogP contribution < -0.4 is 16.0 Å². The van der Waals surface area contributed by atoms with Crippen LogP contribution in [0.3, 0.4) is 0 Å². The van der Waals surface area contributed by atoms with Gasteiger partial charge >= 0.3 is 0 Å². The molecular formula is C13H11BrFN3O3. The lowest BCUT2D eigenvalue weighted by Gasteiger charge is -2.09. The number of nitrogens with zero attached hydrogens (tertiary/aromatic N) is 1. The Balaban J connectivity index is 2.18. The summed E-state index contributed by atoms with van der Waals surface area (Å²) < 4.78 is 19.5. The summed E-state index contributed by atoms with van der Waals surface area (Å²) in [6, 6.07) is 8.70. The molecule has 0 aliphatic heterocycles. The SMILES string of the molecule is NNc1ccc(COc2cc(Br)ccc2F)cc1[N+](=O)[O-]. The number of hydrazine groups is 1. The highest BCUT2D eigenvalue weighted by Crippen LogP contribution is 2.27. The van der Waals surface area contributed by atoms with Crippen molar-refractivity contribution in [2.45, 2.75) is 6.61 Å². The van der Waals surface area contributed by atoms with Crippen molar-refractivity contribution in [1.82, 2.24) is 0 Å². The van der Waals surface area contributed by atoms with E-state index >= 15 is 0 Å². The van der Waals surface area contributed by atoms with Gasteiger partial charge in [-0.25, -0.2) is 4.39 Å². The molecule has 0 atom stereocenters. The van der Waals surface area contributed by atoms with E-state index < -0.39 is 10.7 Å². The Morgan fingerprint density at radius 2 is 2.10 bits per heavy atom. The van der Waals surface area contributed by atoms with Gasteiger partial charge in [0.05, 0.1) is 4.92 Å². The summed E-state index contributed by atoms with van der Waals surface area (Å²) in [5.41, 5.74) is 2.79. The molecule has 0 aliphatic carbocycles. The Hall–Kier alpha value is -2.19. The lowest BCUT2D eigenvalue weighted by molar-refractivity contribution is -0.384. The van der Waals surface area contributed by atoms with Gasteiger partial charge in [0.25, 0.3) is 5.69 Å². The van der Waals surface area contributed by atoms with Crippen molar-refractivity contribution in [3.05, 3.63) is 62.4 Å². The monoisotopic (exact) mass is 355 g/mol. The van der Waals surface area contributed by atoms with E-state index in [1.807, 2.05) is 0 Å². The van der Waals surface area contributed by atoms with Gasteiger partial charge < -0.3 is 10.2 Å². The van der Waals surface area contributed by atoms with Gasteiger partial charge in [0.2, 0.25) is 0 Å². The van der Waals surface area contributed by atoms with Crippen LogP contribution in [0, 0.1) is 15.9 Å². The fraction of sp³-hybridized carbons (Fsp3) is 0.0769. The molecule has 3 N–H and O–H groups in total. The van der Waals surface area contributed by atoms with Gasteiger partial charge in [0.1, 0.15) is 12.3 Å². The molecule has 0 fully saturated rings. The van der Waals surface area contributed by atoms with E-state index in [9.17, 15) is 14.5 Å². The molecule has 0 spiro atoms. The summed E-state index contributed by atoms with van der Waals surface area (Å²) in [6.45, 7) is -0.000928. The predicted octanol–water partition coefficient (Wildman–Crippen LogP) is 3.36. The van der Waals surface area contributed by atoms with Crippen LogP contribution in [0.25, 0.3) is 0 Å². The zero-order valence-corrected chi connectivity index (χ0v) is 12.3. The van der Waals surface area contributed by atoms with Gasteiger partial charge in [-0.1, -0.05) is 22.0 Å². The number of nitrogens with one attached hydrogen (secondary N) is 1. The van der Waals surface area contributed by atoms with E-state index in [4.69, 9.17) is 10.6 Å². The molecule has 6 nitrogen and oxygen atoms in total. The number of rotatable bonds is 5. The van der Waals surface area contributed by atoms with E-state index in [2.05, 4.69) is 21.4 Å². The average molecular weight is 356 g/mol. The van der Waals surface area contributed by atoms with E-state index in [-0.39, 0.29) is 23.7 Å². The number of nitrogen functional groups attached to an aromatic ring is 1. The number of benzene rings is 2. The molecule has 0 saturated heterocycles. The van der Waals surface area contributed by atoms with Crippen LogP contribution in [0.1, 0.15) is 5.56 Å². The van der Waals surface area contributed by atoms with Crippen molar-refractivity contribution >= 4 is 27.3 Å². The second kappa shape index (κ2) is 6.51. The zero-order valence-electron chi connectivity index (χ0n) is 10.7. The van der Waals surface area contributed by atoms with Gasteiger partial charge in [-0.3, -0.25) is 16.0 Å². The van der Waals surface area contributed by atoms with Crippen LogP contribution in [0.4, 0.5) is 15.8 Å². The fourth-order valence-electron chi connectivity index (χ4n) is 1.69. The van der Waals surface area contributed by atoms with Gasteiger partial charge in [0.15, 0.2) is 11.6 Å². The van der Waals surface area contributed by atoms with E-state index in [0.717, 1.165) is 0 Å². The molecule has 2 rings (SSSR count). The van der Waals surface area contributed by atoms with Crippen LogP contribution in [0.5, 0.6) is 5.75 Å². The van der Waals surface area contributed by atoms with Gasteiger partial charge in [-0.2, -0.15) is 0 Å². The third-order valence-corrected chi connectivity index (χ3v) is 3.20. The van der Waals surface area contributed by atoms with Crippen LogP contribution in [-0.2, 0) is 6.61 Å². The van der Waals surface area contributed by atoms with Crippen LogP contribution in [0.15, 0.2) is 40.9 Å². The van der Waals surface area contributed by atoms with Crippen LogP contribution in [-0.4, -0.2) is 4.92 Å². The maximum Gasteiger partial charge on any atom is 0.294 e. The Bertz CT molecular complexity index is 682. The molecule has 8 heteroatoms. The standard InChI is InChI=1S/C13H11BrFN3O3/c14-9-2-3-10(15)13(6-9)21-7-8-1-4-11(17-16)12(5-8)18(19)20/h1-6,17H,7,16H2. The molecule has 21 heavy (non-hydrogen) atoms. The normalized spacial score (nSPS) is 10.2. The fourth-order valence-corrected chi connectivity index (χ4v) is 2.03. The highest BCUT2D eigenvalue weighted by atomic mass is 79.9. The molecule has 0 radical (unpaired) electrons. The molecule has 110 valence electrons. The van der Waals surface area contributed by atoms with Crippen molar-refractivity contribution in [2.24, 2.45) is 5.84 Å². The summed E-state index contributed by atoms with van der Waals surface area (Å²) in [4.78, 5) is 10.4. The Morgan fingerprint density at radius 3 is 2.76 bits per heavy atom. The molecule has 0 aliphatic rings. The zero-order chi connectivity index (χ0) is 15.4. The van der Waals surface area contributed by atoms with E-state index in [0.29, 0.717) is 10.0 Å². The topological polar surface area (TPSA) is 90.4 Å². The molecule has 0 bridgehead atoms. The number of nitro groups is 1. The number of hydrogen-bond donors (Lipinski definition) is 2. The molecule has 0 aromatic heterocycles. The number of halogens is 2. The second-order valence-electron chi connectivity index (χ2n) is 4.12. The summed E-state index contributed by atoms with van der Waals surface area (Å²) in [7, 11) is 0. The minimum atomic E-state index is -0.557. The second-order valence-corrected chi connectivity index (χ2v) is 5.03. The number of nitro benzene ring substituents is 1. The molecule has 0 unspecified atom stereocenters. The molecule has 0 heterocycles. The maximum atomic E-state index is 13.5. The summed E-state index contributed by atoms with van der Waals surface area (Å²) in [5.74, 6) is 4.76. The Kier molecular flexibility index (Phi) is 4.71. The Morgan fingerprint density at radius 1 is 1.33 bits per heavy atom. The molecule has 2 aromatic carbocycles. The van der Waals surface area contributed by atoms with Gasteiger partial charge in [0, 0.05) is 10.5 Å². The lowest BCUT2D eigenvalue weighted by Crippen LogP contribution is -2.09. The highest BCUT2D eigenvalue weighted by Gasteiger charge is 2.14. The first-order chi connectivity index (χ1) is 10.0. The first-order valence-corrected chi connectivity index (χ1v) is 6.62. The van der Waals surface area contributed by atoms with Crippen molar-refractivity contribution in [1.29, 1.82) is 0 Å². The van der Waals surface area contributed by atoms with Gasteiger partial charge in [-0.05, 0) is 29.8 Å². The number of hydrogen-bond acceptors (Lipinski definition) is 5. The summed E-state index contributed by atoms with van der Waals surface area (Å²) in [6.07, 6.45) is 0. The molecule has 2 aromatic rings. The lowest BCUT2D eigenvalue weighted by atomic mass is 10.2. The molecular weight excluding hydrogens is 345 g/mol. The van der Waals surface area contributed by atoms with E-state index in [1.54, 1.807) is 12.1 Å². The number of ether oxygens (including phenoxy) is 1. The number of nitrogens with two attached hydrogens (primary N) is 1. The van der Waals surface area contributed by atoms with Gasteiger partial charge in [-0.15, -0.1) is 0 Å². The van der Waals surface area contributed by atoms with Crippen molar-refractivity contribution in [3.63, 3.8) is 0 Å². The van der Waals surface area contributed by atoms with Crippen molar-refractivity contribution < 1.29 is 14.1 Å². The highest BCUT2D eigenvalue weighted by molar-refractivity contribution is 9.10. The first-order valence-electron chi connectivity index (χ1n) is 5.83. The van der Waals surface area contributed by atoms with Crippen molar-refractivity contribution in [3.8, 4) is 5.75 Å². The molecule has 0 saturated carbocycles.